The highest BCUT2D eigenvalue weighted by atomic mass is 32.1. The second-order valence-electron chi connectivity index (χ2n) is 6.96. The third-order valence-electron chi connectivity index (χ3n) is 5.12. The minimum absolute atomic E-state index is 0.155. The van der Waals surface area contributed by atoms with Crippen molar-refractivity contribution in [2.24, 2.45) is 7.05 Å². The molecule has 1 aromatic carbocycles. The van der Waals surface area contributed by atoms with Gasteiger partial charge in [0.15, 0.2) is 10.8 Å². The molecule has 2 heterocycles. The molecule has 0 aliphatic heterocycles. The summed E-state index contributed by atoms with van der Waals surface area (Å²) in [4.78, 5) is 22.3. The van der Waals surface area contributed by atoms with Crippen LogP contribution in [0, 0.1) is 6.92 Å². The van der Waals surface area contributed by atoms with Gasteiger partial charge in [0, 0.05) is 31.9 Å². The molecule has 1 amide bonds. The molecular weight excluding hydrogens is 402 g/mol. The smallest absolute Gasteiger partial charge is 0.280 e. The van der Waals surface area contributed by atoms with Crippen LogP contribution in [0.25, 0.3) is 10.2 Å². The summed E-state index contributed by atoms with van der Waals surface area (Å²) < 4.78 is 13.5. The summed E-state index contributed by atoms with van der Waals surface area (Å²) in [7, 11) is 5.05. The Morgan fingerprint density at radius 3 is 2.37 bits per heavy atom. The van der Waals surface area contributed by atoms with E-state index in [2.05, 4.69) is 23.8 Å². The number of rotatable bonds is 9. The Bertz CT molecular complexity index is 984. The highest BCUT2D eigenvalue weighted by molar-refractivity contribution is 7.22. The number of amides is 1. The van der Waals surface area contributed by atoms with Crippen LogP contribution in [0.4, 0.5) is 5.13 Å². The lowest BCUT2D eigenvalue weighted by Gasteiger charge is -2.24. The van der Waals surface area contributed by atoms with E-state index in [1.54, 1.807) is 23.8 Å². The third-order valence-corrected chi connectivity index (χ3v) is 6.22. The monoisotopic (exact) mass is 431 g/mol. The number of nitrogens with zero attached hydrogens (tertiary/aromatic N) is 5. The molecule has 0 atom stereocenters. The summed E-state index contributed by atoms with van der Waals surface area (Å²) in [6.45, 7) is 9.23. The van der Waals surface area contributed by atoms with Crippen molar-refractivity contribution in [3.8, 4) is 11.5 Å². The molecule has 0 fully saturated rings. The van der Waals surface area contributed by atoms with Gasteiger partial charge in [-0.1, -0.05) is 25.2 Å². The van der Waals surface area contributed by atoms with Crippen molar-refractivity contribution in [2.75, 3.05) is 45.3 Å². The van der Waals surface area contributed by atoms with Crippen LogP contribution in [0.3, 0.4) is 0 Å². The first kappa shape index (κ1) is 22.0. The van der Waals surface area contributed by atoms with Gasteiger partial charge in [-0.2, -0.15) is 5.10 Å². The van der Waals surface area contributed by atoms with Gasteiger partial charge < -0.3 is 14.4 Å². The van der Waals surface area contributed by atoms with Crippen LogP contribution in [-0.2, 0) is 7.05 Å². The average Bonchev–Trinajstić information content (AvgIpc) is 3.33. The molecule has 3 rings (SSSR count). The van der Waals surface area contributed by atoms with Crippen molar-refractivity contribution in [3.63, 3.8) is 0 Å². The van der Waals surface area contributed by atoms with E-state index in [-0.39, 0.29) is 5.91 Å². The van der Waals surface area contributed by atoms with E-state index in [9.17, 15) is 4.79 Å². The van der Waals surface area contributed by atoms with Crippen LogP contribution in [0.15, 0.2) is 18.3 Å². The molecule has 30 heavy (non-hydrogen) atoms. The summed E-state index contributed by atoms with van der Waals surface area (Å²) in [6, 6.07) is 3.68. The molecule has 162 valence electrons. The van der Waals surface area contributed by atoms with Crippen molar-refractivity contribution >= 4 is 32.6 Å². The predicted octanol–water partition coefficient (Wildman–Crippen LogP) is 3.34. The third kappa shape index (κ3) is 4.27. The molecule has 0 spiro atoms. The lowest BCUT2D eigenvalue weighted by Crippen LogP contribution is -2.39. The number of aromatic nitrogens is 3. The first-order valence-electron chi connectivity index (χ1n) is 9.99. The Balaban J connectivity index is 2.07. The molecule has 3 aromatic rings. The van der Waals surface area contributed by atoms with Gasteiger partial charge in [-0.15, -0.1) is 0 Å². The van der Waals surface area contributed by atoms with Crippen LogP contribution < -0.4 is 14.4 Å². The molecule has 2 aromatic heterocycles. The van der Waals surface area contributed by atoms with Crippen molar-refractivity contribution in [1.29, 1.82) is 0 Å². The number of ether oxygens (including phenoxy) is 2. The summed E-state index contributed by atoms with van der Waals surface area (Å²) in [5, 5.41) is 4.99. The number of aryl methyl sites for hydroxylation is 2. The fraction of sp³-hybridized carbons (Fsp3) is 0.476. The first-order valence-corrected chi connectivity index (χ1v) is 10.8. The Hall–Kier alpha value is -2.65. The summed E-state index contributed by atoms with van der Waals surface area (Å²) in [5.41, 5.74) is 1.97. The van der Waals surface area contributed by atoms with Crippen LogP contribution in [0.2, 0.25) is 0 Å². The molecule has 0 saturated heterocycles. The van der Waals surface area contributed by atoms with Gasteiger partial charge >= 0.3 is 0 Å². The van der Waals surface area contributed by atoms with Crippen LogP contribution in [-0.4, -0.2) is 66.0 Å². The van der Waals surface area contributed by atoms with E-state index in [0.717, 1.165) is 29.9 Å². The number of hydrogen-bond donors (Lipinski definition) is 0. The quantitative estimate of drug-likeness (QED) is 0.517. The second-order valence-corrected chi connectivity index (χ2v) is 7.94. The van der Waals surface area contributed by atoms with Crippen LogP contribution in [0.5, 0.6) is 11.5 Å². The van der Waals surface area contributed by atoms with E-state index in [0.29, 0.717) is 34.4 Å². The second kappa shape index (κ2) is 9.44. The number of hydrogen-bond acceptors (Lipinski definition) is 7. The maximum absolute atomic E-state index is 13.5. The number of likely N-dealkylation sites (N-methyl/N-ethyl adjacent to an activating group) is 1. The minimum Gasteiger partial charge on any atom is -0.495 e. The summed E-state index contributed by atoms with van der Waals surface area (Å²) >= 11 is 1.42. The van der Waals surface area contributed by atoms with Gasteiger partial charge in [-0.05, 0) is 32.1 Å². The molecule has 9 heteroatoms. The number of anilines is 1. The Kier molecular flexibility index (Phi) is 6.94. The van der Waals surface area contributed by atoms with Crippen molar-refractivity contribution in [3.05, 3.63) is 29.6 Å². The normalized spacial score (nSPS) is 11.3. The van der Waals surface area contributed by atoms with E-state index in [1.807, 2.05) is 32.3 Å². The standard InChI is InChI=1S/C21H29N5O3S/c1-7-25(8-2)11-12-26(20(27)17-14(3)13-24(4)23-17)21-22-18-15(28-5)9-10-16(29-6)19(18)30-21/h9-10,13H,7-8,11-12H2,1-6H3. The Morgan fingerprint density at radius 1 is 1.13 bits per heavy atom. The topological polar surface area (TPSA) is 72.7 Å². The lowest BCUT2D eigenvalue weighted by molar-refractivity contribution is 0.0977. The SMILES string of the molecule is CCN(CC)CCN(C(=O)c1nn(C)cc1C)c1nc2c(OC)ccc(OC)c2s1. The van der Waals surface area contributed by atoms with Crippen LogP contribution in [0.1, 0.15) is 29.9 Å². The number of methoxy groups -OCH3 is 2. The molecule has 8 nitrogen and oxygen atoms in total. The maximum atomic E-state index is 13.5. The van der Waals surface area contributed by atoms with E-state index in [4.69, 9.17) is 14.5 Å². The number of carbonyl (C=O) groups is 1. The number of benzene rings is 1. The van der Waals surface area contributed by atoms with Crippen molar-refractivity contribution in [2.45, 2.75) is 20.8 Å². The average molecular weight is 432 g/mol. The van der Waals surface area contributed by atoms with Gasteiger partial charge in [0.2, 0.25) is 0 Å². The number of carbonyl (C=O) groups excluding carboxylic acids is 1. The highest BCUT2D eigenvalue weighted by Gasteiger charge is 2.26. The lowest BCUT2D eigenvalue weighted by atomic mass is 10.2. The predicted molar refractivity (Wildman–Crippen MR) is 120 cm³/mol. The van der Waals surface area contributed by atoms with Gasteiger partial charge in [0.05, 0.1) is 14.2 Å². The van der Waals surface area contributed by atoms with E-state index >= 15 is 0 Å². The molecular formula is C21H29N5O3S. The zero-order valence-corrected chi connectivity index (χ0v) is 19.2. The van der Waals surface area contributed by atoms with Gasteiger partial charge in [-0.3, -0.25) is 14.4 Å². The van der Waals surface area contributed by atoms with Crippen molar-refractivity contribution in [1.82, 2.24) is 19.7 Å². The van der Waals surface area contributed by atoms with Gasteiger partial charge in [0.1, 0.15) is 21.7 Å². The molecule has 0 bridgehead atoms. The van der Waals surface area contributed by atoms with Gasteiger partial charge in [0.25, 0.3) is 5.91 Å². The fourth-order valence-electron chi connectivity index (χ4n) is 3.40. The zero-order chi connectivity index (χ0) is 21.8. The number of fused-ring (bicyclic) bond motifs is 1. The number of thiazole rings is 1. The molecule has 0 N–H and O–H groups in total. The summed E-state index contributed by atoms with van der Waals surface area (Å²) in [5.74, 6) is 1.20. The first-order chi connectivity index (χ1) is 14.4. The van der Waals surface area contributed by atoms with Crippen molar-refractivity contribution < 1.29 is 14.3 Å². The molecule has 0 saturated carbocycles. The molecule has 0 unspecified atom stereocenters. The Labute approximate surface area is 181 Å². The maximum Gasteiger partial charge on any atom is 0.280 e. The zero-order valence-electron chi connectivity index (χ0n) is 18.4. The molecule has 0 aliphatic carbocycles. The largest absolute Gasteiger partial charge is 0.495 e. The van der Waals surface area contributed by atoms with Crippen LogP contribution >= 0.6 is 11.3 Å². The van der Waals surface area contributed by atoms with E-state index < -0.39 is 0 Å². The molecule has 0 aliphatic rings. The van der Waals surface area contributed by atoms with Gasteiger partial charge in [-0.25, -0.2) is 4.98 Å². The van der Waals surface area contributed by atoms with E-state index in [1.165, 1.54) is 11.3 Å². The minimum atomic E-state index is -0.155. The molecule has 0 radical (unpaired) electrons. The summed E-state index contributed by atoms with van der Waals surface area (Å²) in [6.07, 6.45) is 1.85. The highest BCUT2D eigenvalue weighted by Crippen LogP contribution is 2.40. The Morgan fingerprint density at radius 2 is 1.80 bits per heavy atom. The fourth-order valence-corrected chi connectivity index (χ4v) is 4.50.